The van der Waals surface area contributed by atoms with Gasteiger partial charge in [-0.25, -0.2) is 30.0 Å². The summed E-state index contributed by atoms with van der Waals surface area (Å²) in [6.07, 6.45) is 0.177. The number of hydrogen-bond donors (Lipinski definition) is 1. The molecule has 1 fully saturated rings. The molecule has 0 aliphatic carbocycles. The number of aryl methyl sites for hydroxylation is 4. The van der Waals surface area contributed by atoms with E-state index in [2.05, 4.69) is 4.72 Å². The van der Waals surface area contributed by atoms with E-state index in [1.165, 1.54) is 0 Å². The molecular formula is C22H30N2O6S3. The SMILES string of the molecule is Cc1ccc(C)c(S(=O)(=O)NCCN([C@@H]2CCS(=O)(=O)C2)S(=O)(=O)c2cc(C)ccc2C)c1. The highest BCUT2D eigenvalue weighted by atomic mass is 32.2. The summed E-state index contributed by atoms with van der Waals surface area (Å²) in [6.45, 7) is 6.57. The van der Waals surface area contributed by atoms with Crippen molar-refractivity contribution in [2.24, 2.45) is 0 Å². The molecule has 1 N–H and O–H groups in total. The predicted octanol–water partition coefficient (Wildman–Crippen LogP) is 2.08. The van der Waals surface area contributed by atoms with E-state index in [0.717, 1.165) is 15.4 Å². The molecule has 1 aliphatic heterocycles. The normalized spacial score (nSPS) is 18.6. The second-order valence-corrected chi connectivity index (χ2v) is 14.4. The molecule has 0 spiro atoms. The van der Waals surface area contributed by atoms with Gasteiger partial charge in [0.2, 0.25) is 20.0 Å². The number of sulfone groups is 1. The second-order valence-electron chi connectivity index (χ2n) is 8.61. The van der Waals surface area contributed by atoms with Crippen molar-refractivity contribution in [3.63, 3.8) is 0 Å². The van der Waals surface area contributed by atoms with Crippen LogP contribution in [0, 0.1) is 27.7 Å². The van der Waals surface area contributed by atoms with E-state index < -0.39 is 35.9 Å². The standard InChI is InChI=1S/C22H30N2O6S3/c1-16-5-7-18(3)21(13-16)32(27,28)23-10-11-24(20-9-12-31(25,26)15-20)33(29,30)22-14-17(2)6-8-19(22)4/h5-8,13-14,20,23H,9-12,15H2,1-4H3/t20-/m1/s1. The van der Waals surface area contributed by atoms with Crippen molar-refractivity contribution in [3.05, 3.63) is 58.7 Å². The summed E-state index contributed by atoms with van der Waals surface area (Å²) in [5.74, 6) is -0.370. The van der Waals surface area contributed by atoms with Crippen LogP contribution >= 0.6 is 0 Å². The molecule has 0 saturated carbocycles. The number of rotatable bonds is 8. The average Bonchev–Trinajstić information content (AvgIpc) is 3.07. The van der Waals surface area contributed by atoms with Crippen molar-refractivity contribution < 1.29 is 25.3 Å². The Bertz CT molecular complexity index is 1370. The first kappa shape index (κ1) is 25.8. The Kier molecular flexibility index (Phi) is 7.40. The van der Waals surface area contributed by atoms with Crippen molar-refractivity contribution in [1.29, 1.82) is 0 Å². The van der Waals surface area contributed by atoms with Gasteiger partial charge in [-0.1, -0.05) is 24.3 Å². The van der Waals surface area contributed by atoms with Crippen LogP contribution in [0.2, 0.25) is 0 Å². The first-order valence-corrected chi connectivity index (χ1v) is 15.3. The predicted molar refractivity (Wildman–Crippen MR) is 128 cm³/mol. The average molecular weight is 515 g/mol. The fourth-order valence-corrected chi connectivity index (χ4v) is 9.12. The van der Waals surface area contributed by atoms with Crippen LogP contribution in [0.5, 0.6) is 0 Å². The zero-order valence-corrected chi connectivity index (χ0v) is 21.6. The zero-order valence-electron chi connectivity index (χ0n) is 19.2. The molecule has 2 aromatic rings. The van der Waals surface area contributed by atoms with E-state index in [1.807, 2.05) is 6.07 Å². The van der Waals surface area contributed by atoms with Crippen molar-refractivity contribution in [2.45, 2.75) is 49.9 Å². The molecule has 1 heterocycles. The number of nitrogens with one attached hydrogen (secondary N) is 1. The van der Waals surface area contributed by atoms with Crippen molar-refractivity contribution in [2.75, 3.05) is 24.6 Å². The third-order valence-electron chi connectivity index (χ3n) is 5.80. The van der Waals surface area contributed by atoms with Crippen LogP contribution in [0.3, 0.4) is 0 Å². The molecule has 0 bridgehead atoms. The summed E-state index contributed by atoms with van der Waals surface area (Å²) in [7, 11) is -11.3. The van der Waals surface area contributed by atoms with Gasteiger partial charge in [-0.2, -0.15) is 4.31 Å². The zero-order chi connectivity index (χ0) is 24.6. The lowest BCUT2D eigenvalue weighted by Gasteiger charge is -2.28. The summed E-state index contributed by atoms with van der Waals surface area (Å²) >= 11 is 0. The first-order chi connectivity index (χ1) is 15.2. The van der Waals surface area contributed by atoms with E-state index in [9.17, 15) is 25.3 Å². The monoisotopic (exact) mass is 514 g/mol. The molecule has 182 valence electrons. The smallest absolute Gasteiger partial charge is 0.229 e. The quantitative estimate of drug-likeness (QED) is 0.576. The van der Waals surface area contributed by atoms with Crippen LogP contribution in [0.15, 0.2) is 46.2 Å². The minimum atomic E-state index is -4.05. The summed E-state index contributed by atoms with van der Waals surface area (Å²) < 4.78 is 80.7. The summed E-state index contributed by atoms with van der Waals surface area (Å²) in [4.78, 5) is 0.235. The maximum Gasteiger partial charge on any atom is 0.243 e. The Morgan fingerprint density at radius 3 is 2.00 bits per heavy atom. The summed E-state index contributed by atoms with van der Waals surface area (Å²) in [6, 6.07) is 9.40. The topological polar surface area (TPSA) is 118 Å². The molecule has 2 aromatic carbocycles. The van der Waals surface area contributed by atoms with E-state index in [4.69, 9.17) is 0 Å². The number of hydrogen-bond acceptors (Lipinski definition) is 6. The van der Waals surface area contributed by atoms with Gasteiger partial charge in [0.25, 0.3) is 0 Å². The molecule has 0 unspecified atom stereocenters. The van der Waals surface area contributed by atoms with Gasteiger partial charge >= 0.3 is 0 Å². The number of sulfonamides is 2. The lowest BCUT2D eigenvalue weighted by atomic mass is 10.2. The highest BCUT2D eigenvalue weighted by Gasteiger charge is 2.39. The molecule has 1 saturated heterocycles. The summed E-state index contributed by atoms with van der Waals surface area (Å²) in [5.41, 5.74) is 2.67. The molecule has 3 rings (SSSR count). The second kappa shape index (κ2) is 9.46. The molecule has 11 heteroatoms. The van der Waals surface area contributed by atoms with Crippen LogP contribution < -0.4 is 4.72 Å². The maximum atomic E-state index is 13.6. The van der Waals surface area contributed by atoms with Crippen LogP contribution in [0.25, 0.3) is 0 Å². The Morgan fingerprint density at radius 2 is 1.45 bits per heavy atom. The molecular weight excluding hydrogens is 484 g/mol. The molecule has 0 aromatic heterocycles. The van der Waals surface area contributed by atoms with Crippen LogP contribution in [0.4, 0.5) is 0 Å². The lowest BCUT2D eigenvalue weighted by Crippen LogP contribution is -2.45. The third-order valence-corrected chi connectivity index (χ3v) is 11.3. The van der Waals surface area contributed by atoms with E-state index in [-0.39, 0.29) is 40.8 Å². The van der Waals surface area contributed by atoms with Gasteiger partial charge in [-0.15, -0.1) is 0 Å². The van der Waals surface area contributed by atoms with Gasteiger partial charge in [-0.05, 0) is 68.5 Å². The highest BCUT2D eigenvalue weighted by molar-refractivity contribution is 7.92. The Labute approximate surface area is 197 Å². The van der Waals surface area contributed by atoms with Gasteiger partial charge < -0.3 is 0 Å². The van der Waals surface area contributed by atoms with Crippen LogP contribution in [-0.4, -0.2) is 60.2 Å². The highest BCUT2D eigenvalue weighted by Crippen LogP contribution is 2.27. The largest absolute Gasteiger partial charge is 0.243 e. The summed E-state index contributed by atoms with van der Waals surface area (Å²) in [5, 5.41) is 0. The van der Waals surface area contributed by atoms with Crippen molar-refractivity contribution in [1.82, 2.24) is 9.03 Å². The van der Waals surface area contributed by atoms with Crippen molar-refractivity contribution in [3.8, 4) is 0 Å². The first-order valence-electron chi connectivity index (χ1n) is 10.6. The third kappa shape index (κ3) is 5.83. The van der Waals surface area contributed by atoms with Gasteiger partial charge in [0.1, 0.15) is 0 Å². The maximum absolute atomic E-state index is 13.6. The molecule has 8 nitrogen and oxygen atoms in total. The fourth-order valence-electron chi connectivity index (χ4n) is 3.98. The lowest BCUT2D eigenvalue weighted by molar-refractivity contribution is 0.343. The molecule has 0 radical (unpaired) electrons. The van der Waals surface area contributed by atoms with Gasteiger partial charge in [0.15, 0.2) is 9.84 Å². The fraction of sp³-hybridized carbons (Fsp3) is 0.455. The van der Waals surface area contributed by atoms with Crippen LogP contribution in [-0.2, 0) is 29.9 Å². The Balaban J connectivity index is 1.90. The van der Waals surface area contributed by atoms with E-state index in [0.29, 0.717) is 11.1 Å². The van der Waals surface area contributed by atoms with Crippen molar-refractivity contribution >= 4 is 29.9 Å². The Hall–Kier alpha value is -1.79. The molecule has 1 aliphatic rings. The Morgan fingerprint density at radius 1 is 0.909 bits per heavy atom. The van der Waals surface area contributed by atoms with E-state index >= 15 is 0 Å². The minimum absolute atomic E-state index is 0.0926. The minimum Gasteiger partial charge on any atom is -0.229 e. The number of benzene rings is 2. The van der Waals surface area contributed by atoms with Crippen LogP contribution in [0.1, 0.15) is 28.7 Å². The van der Waals surface area contributed by atoms with Gasteiger partial charge in [0, 0.05) is 19.1 Å². The van der Waals surface area contributed by atoms with Gasteiger partial charge in [-0.3, -0.25) is 0 Å². The number of nitrogens with zero attached hydrogens (tertiary/aromatic N) is 1. The molecule has 33 heavy (non-hydrogen) atoms. The molecule has 1 atom stereocenters. The molecule has 0 amide bonds. The van der Waals surface area contributed by atoms with Gasteiger partial charge in [0.05, 0.1) is 21.3 Å². The van der Waals surface area contributed by atoms with E-state index in [1.54, 1.807) is 58.0 Å².